The zero-order chi connectivity index (χ0) is 13.4. The van der Waals surface area contributed by atoms with Crippen LogP contribution in [0.15, 0.2) is 38.8 Å². The summed E-state index contributed by atoms with van der Waals surface area (Å²) >= 11 is 4.51. The third-order valence-electron chi connectivity index (χ3n) is 2.74. The van der Waals surface area contributed by atoms with Crippen LogP contribution < -0.4 is 0 Å². The van der Waals surface area contributed by atoms with Crippen molar-refractivity contribution in [2.75, 3.05) is 0 Å². The maximum absolute atomic E-state index is 13.6. The van der Waals surface area contributed by atoms with Crippen LogP contribution in [-0.4, -0.2) is 9.97 Å². The highest BCUT2D eigenvalue weighted by Gasteiger charge is 2.27. The molecular formula is C13H9BrF2N2S. The number of halogens is 3. The molecule has 1 aliphatic carbocycles. The molecule has 1 heterocycles. The van der Waals surface area contributed by atoms with Gasteiger partial charge in [-0.1, -0.05) is 11.8 Å². The molecule has 0 N–H and O–H groups in total. The lowest BCUT2D eigenvalue weighted by Gasteiger charge is -2.05. The zero-order valence-electron chi connectivity index (χ0n) is 9.74. The molecule has 1 saturated carbocycles. The quantitative estimate of drug-likeness (QED) is 0.765. The van der Waals surface area contributed by atoms with E-state index in [4.69, 9.17) is 0 Å². The van der Waals surface area contributed by atoms with Crippen LogP contribution in [0.1, 0.15) is 24.6 Å². The summed E-state index contributed by atoms with van der Waals surface area (Å²) in [4.78, 5) is 9.08. The van der Waals surface area contributed by atoms with E-state index in [0.717, 1.165) is 24.7 Å². The second-order valence-corrected chi connectivity index (χ2v) is 6.21. The first-order valence-corrected chi connectivity index (χ1v) is 7.40. The fraction of sp³-hybridized carbons (Fsp3) is 0.231. The van der Waals surface area contributed by atoms with Crippen LogP contribution >= 0.6 is 27.7 Å². The van der Waals surface area contributed by atoms with Gasteiger partial charge in [0.15, 0.2) is 0 Å². The number of hydrogen-bond donors (Lipinski definition) is 0. The minimum Gasteiger partial charge on any atom is -0.226 e. The monoisotopic (exact) mass is 342 g/mol. The van der Waals surface area contributed by atoms with Crippen LogP contribution in [0.2, 0.25) is 0 Å². The average molecular weight is 343 g/mol. The molecule has 1 aliphatic rings. The lowest BCUT2D eigenvalue weighted by Crippen LogP contribution is -1.95. The molecule has 3 rings (SSSR count). The third kappa shape index (κ3) is 3.12. The molecule has 0 atom stereocenters. The van der Waals surface area contributed by atoms with E-state index in [1.165, 1.54) is 23.9 Å². The van der Waals surface area contributed by atoms with E-state index in [1.807, 2.05) is 0 Å². The summed E-state index contributed by atoms with van der Waals surface area (Å²) in [6, 6.07) is 5.27. The van der Waals surface area contributed by atoms with Gasteiger partial charge < -0.3 is 0 Å². The van der Waals surface area contributed by atoms with Crippen LogP contribution in [0.4, 0.5) is 8.78 Å². The summed E-state index contributed by atoms with van der Waals surface area (Å²) in [7, 11) is 0. The molecule has 6 heteroatoms. The van der Waals surface area contributed by atoms with E-state index < -0.39 is 11.6 Å². The Bertz CT molecular complexity index is 632. The van der Waals surface area contributed by atoms with Crippen LogP contribution in [0.25, 0.3) is 0 Å². The molecule has 0 radical (unpaired) electrons. The zero-order valence-corrected chi connectivity index (χ0v) is 12.1. The SMILES string of the molecule is Fc1ccc(Sc2cc(Br)nc(C3CC3)n2)c(F)c1. The van der Waals surface area contributed by atoms with E-state index in [-0.39, 0.29) is 0 Å². The fourth-order valence-corrected chi connectivity index (χ4v) is 3.04. The van der Waals surface area contributed by atoms with E-state index >= 15 is 0 Å². The molecule has 0 amide bonds. The van der Waals surface area contributed by atoms with Gasteiger partial charge in [0.25, 0.3) is 0 Å². The van der Waals surface area contributed by atoms with E-state index in [9.17, 15) is 8.78 Å². The van der Waals surface area contributed by atoms with Crippen molar-refractivity contribution in [3.05, 3.63) is 46.3 Å². The van der Waals surface area contributed by atoms with Gasteiger partial charge in [0.2, 0.25) is 0 Å². The van der Waals surface area contributed by atoms with Crippen molar-refractivity contribution >= 4 is 27.7 Å². The predicted octanol–water partition coefficient (Wildman–Crippen LogP) is 4.55. The molecule has 1 aromatic heterocycles. The maximum atomic E-state index is 13.6. The summed E-state index contributed by atoms with van der Waals surface area (Å²) in [6.45, 7) is 0. The minimum atomic E-state index is -0.579. The third-order valence-corrected chi connectivity index (χ3v) is 4.12. The Labute approximate surface area is 121 Å². The largest absolute Gasteiger partial charge is 0.226 e. The van der Waals surface area contributed by atoms with Gasteiger partial charge in [0.05, 0.1) is 0 Å². The molecule has 0 aliphatic heterocycles. The van der Waals surface area contributed by atoms with Crippen LogP contribution in [-0.2, 0) is 0 Å². The van der Waals surface area contributed by atoms with E-state index in [0.29, 0.717) is 20.4 Å². The van der Waals surface area contributed by atoms with Gasteiger partial charge in [-0.15, -0.1) is 0 Å². The Balaban J connectivity index is 1.89. The lowest BCUT2D eigenvalue weighted by atomic mass is 10.3. The van der Waals surface area contributed by atoms with Crippen molar-refractivity contribution in [2.24, 2.45) is 0 Å². The highest BCUT2D eigenvalue weighted by atomic mass is 79.9. The van der Waals surface area contributed by atoms with Gasteiger partial charge in [-0.2, -0.15) is 0 Å². The molecule has 0 unspecified atom stereocenters. The molecule has 1 aromatic carbocycles. The number of benzene rings is 1. The van der Waals surface area contributed by atoms with Crippen molar-refractivity contribution in [3.63, 3.8) is 0 Å². The van der Waals surface area contributed by atoms with Gasteiger partial charge in [0.1, 0.15) is 27.1 Å². The van der Waals surface area contributed by atoms with Crippen molar-refractivity contribution in [2.45, 2.75) is 28.7 Å². The van der Waals surface area contributed by atoms with Gasteiger partial charge in [-0.3, -0.25) is 0 Å². The molecule has 2 aromatic rings. The summed E-state index contributed by atoms with van der Waals surface area (Å²) < 4.78 is 27.1. The normalized spacial score (nSPS) is 14.7. The Hall–Kier alpha value is -1.01. The van der Waals surface area contributed by atoms with Crippen molar-refractivity contribution in [1.29, 1.82) is 0 Å². The first-order valence-electron chi connectivity index (χ1n) is 5.79. The van der Waals surface area contributed by atoms with Crippen molar-refractivity contribution in [3.8, 4) is 0 Å². The first kappa shape index (κ1) is 13.0. The second kappa shape index (κ2) is 5.17. The molecular weight excluding hydrogens is 334 g/mol. The van der Waals surface area contributed by atoms with Crippen LogP contribution in [0, 0.1) is 11.6 Å². The Morgan fingerprint density at radius 1 is 1.16 bits per heavy atom. The van der Waals surface area contributed by atoms with Crippen LogP contribution in [0.3, 0.4) is 0 Å². The topological polar surface area (TPSA) is 25.8 Å². The van der Waals surface area contributed by atoms with Gasteiger partial charge in [-0.05, 0) is 40.9 Å². The maximum Gasteiger partial charge on any atom is 0.140 e. The predicted molar refractivity (Wildman–Crippen MR) is 72.2 cm³/mol. The van der Waals surface area contributed by atoms with Crippen molar-refractivity contribution in [1.82, 2.24) is 9.97 Å². The summed E-state index contributed by atoms with van der Waals surface area (Å²) in [5, 5.41) is 0.661. The average Bonchev–Trinajstić information content (AvgIpc) is 3.16. The smallest absolute Gasteiger partial charge is 0.140 e. The highest BCUT2D eigenvalue weighted by Crippen LogP contribution is 2.40. The van der Waals surface area contributed by atoms with Gasteiger partial charge in [0, 0.05) is 22.9 Å². The number of rotatable bonds is 3. The van der Waals surface area contributed by atoms with Gasteiger partial charge in [-0.25, -0.2) is 18.7 Å². The summed E-state index contributed by atoms with van der Waals surface area (Å²) in [5.74, 6) is 0.0615. The molecule has 98 valence electrons. The lowest BCUT2D eigenvalue weighted by molar-refractivity contribution is 0.565. The minimum absolute atomic E-state index is 0.355. The number of hydrogen-bond acceptors (Lipinski definition) is 3. The summed E-state index contributed by atoms with van der Waals surface area (Å²) in [6.07, 6.45) is 2.21. The fourth-order valence-electron chi connectivity index (χ4n) is 1.66. The molecule has 2 nitrogen and oxygen atoms in total. The molecule has 0 saturated heterocycles. The number of nitrogens with zero attached hydrogens (tertiary/aromatic N) is 2. The number of aromatic nitrogens is 2. The standard InChI is InChI=1S/C13H9BrF2N2S/c14-11-6-12(18-13(17-11)7-1-2-7)19-10-4-3-8(15)5-9(10)16/h3-7H,1-2H2. The van der Waals surface area contributed by atoms with E-state index in [2.05, 4.69) is 25.9 Å². The van der Waals surface area contributed by atoms with E-state index in [1.54, 1.807) is 6.07 Å². The van der Waals surface area contributed by atoms with Crippen molar-refractivity contribution < 1.29 is 8.78 Å². The Morgan fingerprint density at radius 3 is 2.63 bits per heavy atom. The van der Waals surface area contributed by atoms with Crippen LogP contribution in [0.5, 0.6) is 0 Å². The summed E-state index contributed by atoms with van der Waals surface area (Å²) in [5.41, 5.74) is 0. The molecule has 0 spiro atoms. The van der Waals surface area contributed by atoms with Gasteiger partial charge >= 0.3 is 0 Å². The highest BCUT2D eigenvalue weighted by molar-refractivity contribution is 9.10. The molecule has 0 bridgehead atoms. The first-order chi connectivity index (χ1) is 9.11. The molecule has 19 heavy (non-hydrogen) atoms. The second-order valence-electron chi connectivity index (χ2n) is 4.34. The Kier molecular flexibility index (Phi) is 3.54. The Morgan fingerprint density at radius 2 is 1.95 bits per heavy atom. The molecule has 1 fully saturated rings.